The molecule has 0 bridgehead atoms. The van der Waals surface area contributed by atoms with Crippen LogP contribution in [0.5, 0.6) is 0 Å². The van der Waals surface area contributed by atoms with Crippen LogP contribution < -0.4 is 26.2 Å². The van der Waals surface area contributed by atoms with Crippen LogP contribution in [0, 0.1) is 5.92 Å². The van der Waals surface area contributed by atoms with E-state index in [2.05, 4.69) is 16.0 Å². The predicted octanol–water partition coefficient (Wildman–Crippen LogP) is 5.13. The fourth-order valence-corrected chi connectivity index (χ4v) is 15.5. The molecule has 11 N–H and O–H groups in total. The zero-order chi connectivity index (χ0) is 72.2. The van der Waals surface area contributed by atoms with Gasteiger partial charge in [-0.25, -0.2) is 0 Å². The van der Waals surface area contributed by atoms with Crippen molar-refractivity contribution in [3.8, 4) is 0 Å². The van der Waals surface area contributed by atoms with E-state index in [1.165, 1.54) is 30.3 Å². The first-order chi connectivity index (χ1) is 45.2. The summed E-state index contributed by atoms with van der Waals surface area (Å²) in [6, 6.07) is 3.90. The highest BCUT2D eigenvalue weighted by molar-refractivity contribution is 7.86. The van der Waals surface area contributed by atoms with Crippen molar-refractivity contribution in [1.82, 2.24) is 21.3 Å². The fraction of sp³-hybridized carbons (Fsp3) is 0.581. The summed E-state index contributed by atoms with van der Waals surface area (Å²) in [6.07, 6.45) is 13.9. The van der Waals surface area contributed by atoms with Crippen molar-refractivity contribution in [1.29, 1.82) is 0 Å². The topological polar surface area (TPSA) is 486 Å². The Kier molecular flexibility index (Phi) is 29.8. The van der Waals surface area contributed by atoms with Gasteiger partial charge in [-0.15, -0.1) is 0 Å². The lowest BCUT2D eigenvalue weighted by atomic mass is 9.75. The van der Waals surface area contributed by atoms with Crippen LogP contribution in [0.3, 0.4) is 0 Å². The number of carboxylic acids is 2. The Hall–Kier alpha value is -6.83. The van der Waals surface area contributed by atoms with Crippen molar-refractivity contribution in [3.05, 3.63) is 83.6 Å². The molecule has 5 atom stereocenters. The molecule has 0 aliphatic carbocycles. The molecule has 0 saturated heterocycles. The first-order valence-corrected chi connectivity index (χ1v) is 39.6. The molecule has 0 radical (unpaired) electrons. The molecule has 97 heavy (non-hydrogen) atoms. The van der Waals surface area contributed by atoms with E-state index in [1.54, 1.807) is 24.3 Å². The minimum absolute atomic E-state index is 0.0349. The SMILES string of the molecule is CC12CCCCCC(=O)NCCCCCNC(=O)C(CS(=O)(=O)O)CC(=O)C(CS(=O)(=O)O)NC(=O)C(CS(=O)(=O)O)NC(=O)CCCCCC3(C)/C(=C/C=C/C=C/C1=[N+](CCCCCC(=O)O)c1ccc(S(=O)(=O)O)cc12)N(CCCCCC(=O)O)c1ccc(S(=O)(=O)O)cc13. The monoisotopic (exact) mass is 1460 g/mol. The molecular weight excluding hydrogens is 1370 g/mol. The maximum atomic E-state index is 13.7. The third-order valence-corrected chi connectivity index (χ3v) is 21.3. The van der Waals surface area contributed by atoms with Gasteiger partial charge in [-0.2, -0.15) is 46.7 Å². The molecule has 0 fully saturated rings. The zero-order valence-electron chi connectivity index (χ0n) is 54.1. The van der Waals surface area contributed by atoms with Gasteiger partial charge in [-0.05, 0) is 126 Å². The number of aliphatic carboxylic acids is 2. The lowest BCUT2D eigenvalue weighted by molar-refractivity contribution is -0.438. The van der Waals surface area contributed by atoms with Crippen LogP contribution in [-0.2, 0) is 95.0 Å². The molecule has 540 valence electrons. The summed E-state index contributed by atoms with van der Waals surface area (Å²) >= 11 is 0. The molecule has 3 heterocycles. The lowest BCUT2D eigenvalue weighted by Crippen LogP contribution is -2.56. The number of carboxylic acid groups (broad SMARTS) is 2. The molecule has 4 amide bonds. The molecule has 5 unspecified atom stereocenters. The average Bonchev–Trinajstić information content (AvgIpc) is 1.59. The number of unbranched alkanes of at least 4 members (excludes halogenated alkanes) is 4. The van der Waals surface area contributed by atoms with Gasteiger partial charge in [-0.1, -0.05) is 50.3 Å². The van der Waals surface area contributed by atoms with Crippen LogP contribution in [0.4, 0.5) is 11.4 Å². The molecule has 2 aromatic carbocycles. The average molecular weight is 1460 g/mol. The molecule has 0 spiro atoms. The largest absolute Gasteiger partial charge is 0.481 e. The van der Waals surface area contributed by atoms with Crippen LogP contribution >= 0.6 is 0 Å². The minimum Gasteiger partial charge on any atom is -0.481 e. The molecule has 0 saturated carbocycles. The Morgan fingerprint density at radius 2 is 1.09 bits per heavy atom. The predicted molar refractivity (Wildman–Crippen MR) is 355 cm³/mol. The van der Waals surface area contributed by atoms with E-state index >= 15 is 0 Å². The summed E-state index contributed by atoms with van der Waals surface area (Å²) in [5, 5.41) is 28.0. The number of nitrogens with zero attached hydrogens (tertiary/aromatic N) is 2. The highest BCUT2D eigenvalue weighted by atomic mass is 32.2. The van der Waals surface area contributed by atoms with Gasteiger partial charge in [0.25, 0.3) is 50.6 Å². The highest BCUT2D eigenvalue weighted by Gasteiger charge is 2.48. The standard InChI is InChI=1S/C62H88N6O24S5/c1-61-31-15-4-11-23-55(70)63-33-17-8-18-34-64-59(76)43(40-93(78,79)80)37-52(69)48(41-94(81,82)83)66-60(77)49(42-95(84,85)86)65-56(71)24-12-5-16-32-62(2)47-39-45(97(90,91)92)28-30-51(47)68(36-20-7-14-26-58(74)75)54(62)22-10-3-9-21-53(61)67(35-19-6-13-25-57(72)73)50-29-27-44(38-46(50)61)96(87,88)89/h3,9-10,21-22,27-30,38-39,43,48-49H,4-8,11-20,23-26,31-37,40-42H2,1-2H3,(H10-,63,64,65,66,70,71,72,73,74,75,76,77,78,79,80,81,82,83,84,85,86,87,88,89,90,91,92)/p+1. The third kappa shape index (κ3) is 25.8. The van der Waals surface area contributed by atoms with E-state index in [0.717, 1.165) is 5.71 Å². The second-order valence-electron chi connectivity index (χ2n) is 25.0. The van der Waals surface area contributed by atoms with Crippen molar-refractivity contribution in [2.24, 2.45) is 5.92 Å². The van der Waals surface area contributed by atoms with Crippen LogP contribution in [0.25, 0.3) is 0 Å². The molecule has 30 nitrogen and oxygen atoms in total. The first kappa shape index (κ1) is 80.8. The third-order valence-electron chi connectivity index (χ3n) is 17.3. The Labute approximate surface area is 566 Å². The van der Waals surface area contributed by atoms with Gasteiger partial charge in [0.05, 0.1) is 26.9 Å². The van der Waals surface area contributed by atoms with Crippen LogP contribution in [0.2, 0.25) is 0 Å². The molecule has 2 aromatic rings. The van der Waals surface area contributed by atoms with E-state index < -0.39 is 150 Å². The Bertz CT molecular complexity index is 3950. The number of anilines is 1. The number of ketones is 1. The zero-order valence-corrected chi connectivity index (χ0v) is 58.2. The Morgan fingerprint density at radius 1 is 0.557 bits per heavy atom. The van der Waals surface area contributed by atoms with Crippen molar-refractivity contribution in [2.75, 3.05) is 48.3 Å². The highest BCUT2D eigenvalue weighted by Crippen LogP contribution is 2.52. The number of fused-ring (bicyclic) bond motifs is 6. The van der Waals surface area contributed by atoms with Gasteiger partial charge >= 0.3 is 11.9 Å². The quantitative estimate of drug-likeness (QED) is 0.0465. The summed E-state index contributed by atoms with van der Waals surface area (Å²) in [6.45, 7) is 4.58. The van der Waals surface area contributed by atoms with Crippen LogP contribution in [0.1, 0.15) is 166 Å². The number of hydrogen-bond acceptors (Lipinski definition) is 18. The number of Topliss-reactive ketones (excluding diaryl/α,β-unsaturated/α-hetero) is 1. The lowest BCUT2D eigenvalue weighted by Gasteiger charge is -2.30. The van der Waals surface area contributed by atoms with E-state index in [9.17, 15) is 109 Å². The molecule has 0 aromatic heterocycles. The molecule has 35 heteroatoms. The molecular formula is C62H89N6O24S5+. The summed E-state index contributed by atoms with van der Waals surface area (Å²) in [7, 11) is -24.9. The van der Waals surface area contributed by atoms with E-state index in [0.29, 0.717) is 118 Å². The normalized spacial score (nSPS) is 23.9. The van der Waals surface area contributed by atoms with Crippen molar-refractivity contribution in [2.45, 2.75) is 188 Å². The Balaban J connectivity index is 1.58. The van der Waals surface area contributed by atoms with Crippen LogP contribution in [0.15, 0.2) is 82.3 Å². The number of hydrogen-bond donors (Lipinski definition) is 11. The van der Waals surface area contributed by atoms with E-state index in [-0.39, 0.29) is 75.3 Å². The van der Waals surface area contributed by atoms with Gasteiger partial charge in [0.15, 0.2) is 11.5 Å². The molecule has 3 aliphatic rings. The van der Waals surface area contributed by atoms with E-state index in [1.807, 2.05) is 40.8 Å². The number of amides is 4. The second kappa shape index (κ2) is 35.8. The number of rotatable bonds is 20. The molecule has 5 rings (SSSR count). The first-order valence-electron chi connectivity index (χ1n) is 31.9. The maximum absolute atomic E-state index is 13.7. The minimum atomic E-state index is -5.21. The number of carbonyl (C=O) groups excluding carboxylic acids is 5. The number of allylic oxidation sites excluding steroid dienone is 6. The summed E-state index contributed by atoms with van der Waals surface area (Å²) in [5.74, 6) is -13.7. The van der Waals surface area contributed by atoms with Gasteiger partial charge in [0, 0.05) is 92.7 Å². The van der Waals surface area contributed by atoms with Gasteiger partial charge in [0.1, 0.15) is 30.1 Å². The van der Waals surface area contributed by atoms with Crippen molar-refractivity contribution >= 4 is 109 Å². The number of carbonyl (C=O) groups is 7. The van der Waals surface area contributed by atoms with Gasteiger partial charge in [0.2, 0.25) is 29.3 Å². The second-order valence-corrected chi connectivity index (χ2v) is 32.3. The van der Waals surface area contributed by atoms with Crippen molar-refractivity contribution in [3.63, 3.8) is 0 Å². The Morgan fingerprint density at radius 3 is 1.68 bits per heavy atom. The van der Waals surface area contributed by atoms with Gasteiger partial charge < -0.3 is 36.4 Å². The summed E-state index contributed by atoms with van der Waals surface area (Å²) in [5.41, 5.74) is 1.69. The fourth-order valence-electron chi connectivity index (χ4n) is 12.4. The number of benzene rings is 2. The van der Waals surface area contributed by atoms with Crippen molar-refractivity contribution < 1.29 is 113 Å². The van der Waals surface area contributed by atoms with Crippen LogP contribution in [-0.4, -0.2) is 182 Å². The smallest absolute Gasteiger partial charge is 0.303 e. The maximum Gasteiger partial charge on any atom is 0.303 e. The summed E-state index contributed by atoms with van der Waals surface area (Å²) in [4.78, 5) is 91.4. The van der Waals surface area contributed by atoms with E-state index in [4.69, 9.17) is 0 Å². The van der Waals surface area contributed by atoms with Gasteiger partial charge in [-0.3, -0.25) is 56.3 Å². The molecule has 3 aliphatic heterocycles. The number of nitrogens with one attached hydrogen (secondary N) is 4. The summed E-state index contributed by atoms with van der Waals surface area (Å²) < 4.78 is 176.